The minimum Gasteiger partial charge on any atom is -0.490 e. The van der Waals surface area contributed by atoms with Crippen LogP contribution in [0, 0.1) is 5.92 Å². The lowest BCUT2D eigenvalue weighted by atomic mass is 9.91. The van der Waals surface area contributed by atoms with E-state index in [1.165, 1.54) is 0 Å². The molecular formula is C13H15BrO3. The first-order chi connectivity index (χ1) is 8.24. The van der Waals surface area contributed by atoms with E-state index in [-0.39, 0.29) is 6.10 Å². The molecule has 2 heterocycles. The zero-order chi connectivity index (χ0) is 11.8. The van der Waals surface area contributed by atoms with Crippen molar-refractivity contribution in [2.24, 2.45) is 5.92 Å². The number of aliphatic hydroxyl groups is 1. The number of aliphatic hydroxyl groups excluding tert-OH is 1. The van der Waals surface area contributed by atoms with Crippen molar-refractivity contribution >= 4 is 15.9 Å². The first-order valence-corrected chi connectivity index (χ1v) is 6.75. The number of fused-ring (bicyclic) bond motifs is 1. The van der Waals surface area contributed by atoms with Crippen LogP contribution < -0.4 is 4.74 Å². The lowest BCUT2D eigenvalue weighted by Crippen LogP contribution is -2.33. The Morgan fingerprint density at radius 2 is 2.24 bits per heavy atom. The average molecular weight is 299 g/mol. The quantitative estimate of drug-likeness (QED) is 0.866. The maximum absolute atomic E-state index is 10.1. The number of rotatable bonds is 1. The van der Waals surface area contributed by atoms with Gasteiger partial charge < -0.3 is 14.6 Å². The lowest BCUT2D eigenvalue weighted by molar-refractivity contribution is 0.0302. The topological polar surface area (TPSA) is 38.7 Å². The number of ether oxygens (including phenoxy) is 2. The van der Waals surface area contributed by atoms with Gasteiger partial charge in [-0.3, -0.25) is 0 Å². The maximum Gasteiger partial charge on any atom is 0.126 e. The molecular weight excluding hydrogens is 284 g/mol. The van der Waals surface area contributed by atoms with Crippen molar-refractivity contribution in [2.45, 2.75) is 25.0 Å². The third-order valence-corrected chi connectivity index (χ3v) is 4.05. The van der Waals surface area contributed by atoms with Crippen molar-refractivity contribution in [3.8, 4) is 5.75 Å². The largest absolute Gasteiger partial charge is 0.490 e. The van der Waals surface area contributed by atoms with Crippen LogP contribution in [0.1, 0.15) is 24.5 Å². The molecule has 1 N–H and O–H groups in total. The summed E-state index contributed by atoms with van der Waals surface area (Å²) in [6.07, 6.45) is 1.36. The third-order valence-electron chi connectivity index (χ3n) is 3.56. The van der Waals surface area contributed by atoms with E-state index in [4.69, 9.17) is 9.47 Å². The van der Waals surface area contributed by atoms with Crippen LogP contribution in [0.25, 0.3) is 0 Å². The van der Waals surface area contributed by atoms with Gasteiger partial charge in [0.1, 0.15) is 11.9 Å². The van der Waals surface area contributed by atoms with Crippen molar-refractivity contribution in [1.82, 2.24) is 0 Å². The molecule has 4 heteroatoms. The standard InChI is InChI=1S/C13H15BrO3/c14-9-1-2-10-11(15)6-12(17-13(10)5-9)8-3-4-16-7-8/h1-2,5,8,11-12,15H,3-4,6-7H2/t8?,11-,12?/m1/s1. The van der Waals surface area contributed by atoms with Crippen molar-refractivity contribution < 1.29 is 14.6 Å². The van der Waals surface area contributed by atoms with Crippen molar-refractivity contribution in [1.29, 1.82) is 0 Å². The second-order valence-electron chi connectivity index (χ2n) is 4.71. The van der Waals surface area contributed by atoms with Crippen molar-refractivity contribution in [3.05, 3.63) is 28.2 Å². The highest BCUT2D eigenvalue weighted by Gasteiger charge is 2.34. The minimum atomic E-state index is -0.419. The van der Waals surface area contributed by atoms with Crippen LogP contribution >= 0.6 is 15.9 Å². The highest BCUT2D eigenvalue weighted by atomic mass is 79.9. The number of benzene rings is 1. The van der Waals surface area contributed by atoms with Crippen LogP contribution in [-0.2, 0) is 4.74 Å². The zero-order valence-corrected chi connectivity index (χ0v) is 11.0. The SMILES string of the molecule is O[C@@H]1CC(C2CCOC2)Oc2cc(Br)ccc21. The summed E-state index contributed by atoms with van der Waals surface area (Å²) in [4.78, 5) is 0. The van der Waals surface area contributed by atoms with Gasteiger partial charge in [-0.1, -0.05) is 22.0 Å². The van der Waals surface area contributed by atoms with Gasteiger partial charge >= 0.3 is 0 Å². The van der Waals surface area contributed by atoms with Gasteiger partial charge in [0.05, 0.1) is 12.7 Å². The molecule has 2 aliphatic heterocycles. The molecule has 1 aromatic carbocycles. The molecule has 0 spiro atoms. The number of hydrogen-bond acceptors (Lipinski definition) is 3. The second-order valence-corrected chi connectivity index (χ2v) is 5.63. The zero-order valence-electron chi connectivity index (χ0n) is 9.43. The monoisotopic (exact) mass is 298 g/mol. The Hall–Kier alpha value is -0.580. The van der Waals surface area contributed by atoms with Gasteiger partial charge in [-0.25, -0.2) is 0 Å². The van der Waals surface area contributed by atoms with Crippen molar-refractivity contribution in [3.63, 3.8) is 0 Å². The summed E-state index contributed by atoms with van der Waals surface area (Å²) in [6.45, 7) is 1.56. The molecule has 3 nitrogen and oxygen atoms in total. The fraction of sp³-hybridized carbons (Fsp3) is 0.538. The molecule has 0 bridgehead atoms. The van der Waals surface area contributed by atoms with E-state index in [0.29, 0.717) is 12.3 Å². The summed E-state index contributed by atoms with van der Waals surface area (Å²) in [5.41, 5.74) is 0.892. The molecule has 17 heavy (non-hydrogen) atoms. The molecule has 0 saturated carbocycles. The van der Waals surface area contributed by atoms with E-state index >= 15 is 0 Å². The van der Waals surface area contributed by atoms with Gasteiger partial charge in [0.25, 0.3) is 0 Å². The molecule has 1 fully saturated rings. The summed E-state index contributed by atoms with van der Waals surface area (Å²) >= 11 is 3.43. The molecule has 2 aliphatic rings. The summed E-state index contributed by atoms with van der Waals surface area (Å²) in [6, 6.07) is 5.79. The average Bonchev–Trinajstić information content (AvgIpc) is 2.81. The van der Waals surface area contributed by atoms with Gasteiger partial charge in [-0.15, -0.1) is 0 Å². The molecule has 0 aliphatic carbocycles. The molecule has 3 rings (SSSR count). The predicted molar refractivity (Wildman–Crippen MR) is 67.1 cm³/mol. The fourth-order valence-electron chi connectivity index (χ4n) is 2.58. The number of halogens is 1. The molecule has 1 aromatic rings. The molecule has 2 unspecified atom stereocenters. The van der Waals surface area contributed by atoms with E-state index in [2.05, 4.69) is 15.9 Å². The van der Waals surface area contributed by atoms with Crippen LogP contribution in [0.3, 0.4) is 0 Å². The first-order valence-electron chi connectivity index (χ1n) is 5.96. The Morgan fingerprint density at radius 1 is 1.35 bits per heavy atom. The molecule has 92 valence electrons. The summed E-state index contributed by atoms with van der Waals surface area (Å²) in [5.74, 6) is 1.21. The highest BCUT2D eigenvalue weighted by molar-refractivity contribution is 9.10. The fourth-order valence-corrected chi connectivity index (χ4v) is 2.92. The molecule has 1 saturated heterocycles. The Bertz CT molecular complexity index is 415. The molecule has 3 atom stereocenters. The second kappa shape index (κ2) is 4.59. The van der Waals surface area contributed by atoms with Gasteiger partial charge in [0.15, 0.2) is 0 Å². The van der Waals surface area contributed by atoms with E-state index in [0.717, 1.165) is 35.4 Å². The third kappa shape index (κ3) is 2.21. The van der Waals surface area contributed by atoms with Crippen LogP contribution in [0.4, 0.5) is 0 Å². The molecule has 0 radical (unpaired) electrons. The Balaban J connectivity index is 1.85. The van der Waals surface area contributed by atoms with E-state index in [1.54, 1.807) is 0 Å². The van der Waals surface area contributed by atoms with Gasteiger partial charge in [0, 0.05) is 29.0 Å². The van der Waals surface area contributed by atoms with Crippen LogP contribution in [0.2, 0.25) is 0 Å². The van der Waals surface area contributed by atoms with Crippen molar-refractivity contribution in [2.75, 3.05) is 13.2 Å². The molecule has 0 aromatic heterocycles. The van der Waals surface area contributed by atoms with Gasteiger partial charge in [0.2, 0.25) is 0 Å². The first kappa shape index (κ1) is 11.5. The Labute approximate surface area is 109 Å². The molecule has 0 amide bonds. The van der Waals surface area contributed by atoms with Gasteiger partial charge in [-0.05, 0) is 18.6 Å². The van der Waals surface area contributed by atoms with Crippen LogP contribution in [0.15, 0.2) is 22.7 Å². The Morgan fingerprint density at radius 3 is 3.00 bits per heavy atom. The normalized spacial score (nSPS) is 32.0. The predicted octanol–water partition coefficient (Wildman–Crippen LogP) is 2.67. The lowest BCUT2D eigenvalue weighted by Gasteiger charge is -2.32. The minimum absolute atomic E-state index is 0.0781. The number of hydrogen-bond donors (Lipinski definition) is 1. The maximum atomic E-state index is 10.1. The van der Waals surface area contributed by atoms with E-state index in [1.807, 2.05) is 18.2 Å². The van der Waals surface area contributed by atoms with Crippen LogP contribution in [-0.4, -0.2) is 24.4 Å². The van der Waals surface area contributed by atoms with E-state index < -0.39 is 6.10 Å². The summed E-state index contributed by atoms with van der Waals surface area (Å²) < 4.78 is 12.4. The van der Waals surface area contributed by atoms with E-state index in [9.17, 15) is 5.11 Å². The van der Waals surface area contributed by atoms with Gasteiger partial charge in [-0.2, -0.15) is 0 Å². The smallest absolute Gasteiger partial charge is 0.126 e. The highest BCUT2D eigenvalue weighted by Crippen LogP contribution is 2.39. The Kier molecular flexibility index (Phi) is 3.11. The summed E-state index contributed by atoms with van der Waals surface area (Å²) in [5, 5.41) is 10.1. The van der Waals surface area contributed by atoms with Crippen LogP contribution in [0.5, 0.6) is 5.75 Å². The summed E-state index contributed by atoms with van der Waals surface area (Å²) in [7, 11) is 0.